The number of hydrogen-bond donors (Lipinski definition) is 1. The highest BCUT2D eigenvalue weighted by Crippen LogP contribution is 2.25. The smallest absolute Gasteiger partial charge is 0.254 e. The van der Waals surface area contributed by atoms with E-state index in [9.17, 15) is 4.79 Å². The molecule has 6 heteroatoms. The van der Waals surface area contributed by atoms with Gasteiger partial charge in [0.2, 0.25) is 0 Å². The molecule has 1 aromatic rings. The Morgan fingerprint density at radius 1 is 1.38 bits per heavy atom. The number of carbonyl (C=O) groups excluding carboxylic acids is 1. The fourth-order valence-corrected chi connectivity index (χ4v) is 3.07. The van der Waals surface area contributed by atoms with E-state index in [0.717, 1.165) is 31.7 Å². The van der Waals surface area contributed by atoms with Gasteiger partial charge in [-0.3, -0.25) is 4.79 Å². The van der Waals surface area contributed by atoms with E-state index >= 15 is 0 Å². The van der Waals surface area contributed by atoms with Crippen LogP contribution in [0.2, 0.25) is 5.02 Å². The molecule has 1 fully saturated rings. The van der Waals surface area contributed by atoms with E-state index in [4.69, 9.17) is 16.3 Å². The molecule has 1 aliphatic rings. The van der Waals surface area contributed by atoms with Crippen molar-refractivity contribution in [2.24, 2.45) is 5.41 Å². The second-order valence-electron chi connectivity index (χ2n) is 7.44. The first-order chi connectivity index (χ1) is 11.3. The molecule has 0 unspecified atom stereocenters. The van der Waals surface area contributed by atoms with Crippen LogP contribution in [0.5, 0.6) is 0 Å². The number of amides is 1. The highest BCUT2D eigenvalue weighted by Gasteiger charge is 2.19. The van der Waals surface area contributed by atoms with Crippen molar-refractivity contribution in [1.82, 2.24) is 10.3 Å². The summed E-state index contributed by atoms with van der Waals surface area (Å²) in [6.07, 6.45) is 2.01. The second-order valence-corrected chi connectivity index (χ2v) is 7.85. The van der Waals surface area contributed by atoms with Crippen LogP contribution in [0.4, 0.5) is 5.82 Å². The fraction of sp³-hybridized carbons (Fsp3) is 0.667. The SMILES string of the molecule is Cc1nc(N2CCOCC2)cc(Cl)c1C(=O)NCCCC(C)(C)C. The Balaban J connectivity index is 2.00. The molecular weight excluding hydrogens is 326 g/mol. The van der Waals surface area contributed by atoms with E-state index in [2.05, 4.69) is 36.0 Å². The standard InChI is InChI=1S/C18H28ClN3O2/c1-13-16(17(23)20-7-5-6-18(2,3)4)14(19)12-15(21-13)22-8-10-24-11-9-22/h12H,5-11H2,1-4H3,(H,20,23). The van der Waals surface area contributed by atoms with Crippen LogP contribution in [0, 0.1) is 12.3 Å². The lowest BCUT2D eigenvalue weighted by Crippen LogP contribution is -2.37. The topological polar surface area (TPSA) is 54.5 Å². The van der Waals surface area contributed by atoms with Gasteiger partial charge >= 0.3 is 0 Å². The number of anilines is 1. The molecule has 2 rings (SSSR count). The van der Waals surface area contributed by atoms with Crippen molar-refractivity contribution in [3.05, 3.63) is 22.3 Å². The molecule has 0 spiro atoms. The lowest BCUT2D eigenvalue weighted by atomic mass is 9.91. The van der Waals surface area contributed by atoms with Crippen LogP contribution in [0.15, 0.2) is 6.07 Å². The number of hydrogen-bond acceptors (Lipinski definition) is 4. The van der Waals surface area contributed by atoms with Crippen LogP contribution in [0.3, 0.4) is 0 Å². The molecule has 1 amide bonds. The van der Waals surface area contributed by atoms with Crippen molar-refractivity contribution in [3.8, 4) is 0 Å². The number of nitrogens with one attached hydrogen (secondary N) is 1. The molecule has 5 nitrogen and oxygen atoms in total. The molecule has 24 heavy (non-hydrogen) atoms. The average Bonchev–Trinajstić information content (AvgIpc) is 2.51. The minimum Gasteiger partial charge on any atom is -0.378 e. The lowest BCUT2D eigenvalue weighted by molar-refractivity contribution is 0.0950. The van der Waals surface area contributed by atoms with Gasteiger partial charge < -0.3 is 15.0 Å². The van der Waals surface area contributed by atoms with Crippen molar-refractivity contribution in [1.29, 1.82) is 0 Å². The van der Waals surface area contributed by atoms with E-state index in [1.165, 1.54) is 0 Å². The first-order valence-corrected chi connectivity index (χ1v) is 8.94. The van der Waals surface area contributed by atoms with E-state index in [-0.39, 0.29) is 11.3 Å². The Hall–Kier alpha value is -1.33. The molecule has 0 bridgehead atoms. The zero-order chi connectivity index (χ0) is 17.7. The highest BCUT2D eigenvalue weighted by molar-refractivity contribution is 6.34. The molecule has 1 aliphatic heterocycles. The summed E-state index contributed by atoms with van der Waals surface area (Å²) < 4.78 is 5.36. The number of morpholine rings is 1. The van der Waals surface area contributed by atoms with Crippen molar-refractivity contribution in [2.75, 3.05) is 37.7 Å². The average molecular weight is 354 g/mol. The van der Waals surface area contributed by atoms with Gasteiger partial charge in [-0.1, -0.05) is 32.4 Å². The van der Waals surface area contributed by atoms with Crippen molar-refractivity contribution >= 4 is 23.3 Å². The quantitative estimate of drug-likeness (QED) is 0.824. The number of carbonyl (C=O) groups is 1. The van der Waals surface area contributed by atoms with Crippen molar-refractivity contribution in [2.45, 2.75) is 40.5 Å². The largest absolute Gasteiger partial charge is 0.378 e. The normalized spacial score (nSPS) is 15.5. The van der Waals surface area contributed by atoms with Gasteiger partial charge in [-0.25, -0.2) is 4.98 Å². The van der Waals surface area contributed by atoms with E-state index in [1.54, 1.807) is 6.07 Å². The molecule has 134 valence electrons. The number of ether oxygens (including phenoxy) is 1. The molecule has 0 saturated carbocycles. The predicted octanol–water partition coefficient (Wildman–Crippen LogP) is 3.44. The molecule has 0 aliphatic carbocycles. The zero-order valence-electron chi connectivity index (χ0n) is 15.1. The third kappa shape index (κ3) is 5.35. The first kappa shape index (κ1) is 19.0. The van der Waals surface area contributed by atoms with Crippen LogP contribution in [-0.2, 0) is 4.74 Å². The van der Waals surface area contributed by atoms with E-state index in [1.807, 2.05) is 6.92 Å². The van der Waals surface area contributed by atoms with Crippen molar-refractivity contribution < 1.29 is 9.53 Å². The molecule has 0 aromatic carbocycles. The maximum absolute atomic E-state index is 12.4. The number of pyridine rings is 1. The summed E-state index contributed by atoms with van der Waals surface area (Å²) in [6, 6.07) is 1.78. The predicted molar refractivity (Wildman–Crippen MR) is 98.0 cm³/mol. The molecular formula is C18H28ClN3O2. The Morgan fingerprint density at radius 3 is 2.62 bits per heavy atom. The van der Waals surface area contributed by atoms with E-state index in [0.29, 0.717) is 36.0 Å². The van der Waals surface area contributed by atoms with Gasteiger partial charge in [0.25, 0.3) is 5.91 Å². The minimum absolute atomic E-state index is 0.146. The molecule has 2 heterocycles. The summed E-state index contributed by atoms with van der Waals surface area (Å²) in [6.45, 7) is 12.0. The fourth-order valence-electron chi connectivity index (χ4n) is 2.75. The zero-order valence-corrected chi connectivity index (χ0v) is 15.9. The maximum atomic E-state index is 12.4. The van der Waals surface area contributed by atoms with Crippen LogP contribution in [-0.4, -0.2) is 43.7 Å². The van der Waals surface area contributed by atoms with Gasteiger partial charge in [0.15, 0.2) is 0 Å². The van der Waals surface area contributed by atoms with Gasteiger partial charge in [-0.2, -0.15) is 0 Å². The molecule has 1 aromatic heterocycles. The van der Waals surface area contributed by atoms with Gasteiger partial charge in [0.05, 0.1) is 29.5 Å². The second kappa shape index (κ2) is 8.17. The van der Waals surface area contributed by atoms with E-state index < -0.39 is 0 Å². The number of halogens is 1. The number of aryl methyl sites for hydroxylation is 1. The minimum atomic E-state index is -0.146. The van der Waals surface area contributed by atoms with Gasteiger partial charge in [-0.15, -0.1) is 0 Å². The summed E-state index contributed by atoms with van der Waals surface area (Å²) in [5, 5.41) is 3.41. The molecule has 1 saturated heterocycles. The Morgan fingerprint density at radius 2 is 2.04 bits per heavy atom. The monoisotopic (exact) mass is 353 g/mol. The maximum Gasteiger partial charge on any atom is 0.254 e. The van der Waals surface area contributed by atoms with Crippen LogP contribution in [0.25, 0.3) is 0 Å². The summed E-state index contributed by atoms with van der Waals surface area (Å²) in [4.78, 5) is 19.1. The van der Waals surface area contributed by atoms with Gasteiger partial charge in [-0.05, 0) is 25.2 Å². The van der Waals surface area contributed by atoms with Gasteiger partial charge in [0, 0.05) is 25.7 Å². The number of rotatable bonds is 5. The van der Waals surface area contributed by atoms with Crippen LogP contribution in [0.1, 0.15) is 49.7 Å². The Bertz CT molecular complexity index is 555. The van der Waals surface area contributed by atoms with Gasteiger partial charge in [0.1, 0.15) is 5.82 Å². The summed E-state index contributed by atoms with van der Waals surface area (Å²) >= 11 is 6.38. The lowest BCUT2D eigenvalue weighted by Gasteiger charge is -2.28. The summed E-state index contributed by atoms with van der Waals surface area (Å²) in [5.41, 5.74) is 1.42. The Labute approximate surface area is 149 Å². The number of aromatic nitrogens is 1. The Kier molecular flexibility index (Phi) is 6.47. The van der Waals surface area contributed by atoms with Crippen LogP contribution < -0.4 is 10.2 Å². The molecule has 0 atom stereocenters. The third-order valence-corrected chi connectivity index (χ3v) is 4.39. The third-order valence-electron chi connectivity index (χ3n) is 4.09. The van der Waals surface area contributed by atoms with Crippen molar-refractivity contribution in [3.63, 3.8) is 0 Å². The van der Waals surface area contributed by atoms with Crippen LogP contribution >= 0.6 is 11.6 Å². The molecule has 0 radical (unpaired) electrons. The molecule has 1 N–H and O–H groups in total. The first-order valence-electron chi connectivity index (χ1n) is 8.56. The number of nitrogens with zero attached hydrogens (tertiary/aromatic N) is 2. The summed E-state index contributed by atoms with van der Waals surface area (Å²) in [7, 11) is 0. The summed E-state index contributed by atoms with van der Waals surface area (Å²) in [5.74, 6) is 0.664. The highest BCUT2D eigenvalue weighted by atomic mass is 35.5.